The lowest BCUT2D eigenvalue weighted by molar-refractivity contribution is 0.215. The molecule has 4 heteroatoms. The number of likely N-dealkylation sites (tertiary alicyclic amines) is 1. The summed E-state index contributed by atoms with van der Waals surface area (Å²) >= 11 is 3.62. The van der Waals surface area contributed by atoms with E-state index in [9.17, 15) is 0 Å². The van der Waals surface area contributed by atoms with Crippen LogP contribution in [0.3, 0.4) is 0 Å². The minimum Gasteiger partial charge on any atom is -0.497 e. The molecule has 2 rings (SSSR count). The van der Waals surface area contributed by atoms with Crippen molar-refractivity contribution >= 4 is 15.9 Å². The van der Waals surface area contributed by atoms with Crippen LogP contribution < -0.4 is 4.74 Å². The average Bonchev–Trinajstić information content (AvgIpc) is 2.78. The number of nitrogens with zero attached hydrogens (tertiary/aromatic N) is 2. The third-order valence-electron chi connectivity index (χ3n) is 3.89. The van der Waals surface area contributed by atoms with Crippen molar-refractivity contribution in [2.75, 3.05) is 34.3 Å². The van der Waals surface area contributed by atoms with Crippen LogP contribution in [0.2, 0.25) is 0 Å². The number of ether oxygens (including phenoxy) is 1. The Hall–Kier alpha value is -0.580. The van der Waals surface area contributed by atoms with Crippen LogP contribution in [-0.4, -0.2) is 50.1 Å². The number of halogens is 1. The Bertz CT molecular complexity index is 425. The first-order chi connectivity index (χ1) is 9.10. The van der Waals surface area contributed by atoms with E-state index in [1.165, 1.54) is 24.9 Å². The average molecular weight is 327 g/mol. The number of hydrogen-bond acceptors (Lipinski definition) is 3. The molecular weight excluding hydrogens is 304 g/mol. The summed E-state index contributed by atoms with van der Waals surface area (Å²) in [6.45, 7) is 3.31. The van der Waals surface area contributed by atoms with Crippen LogP contribution in [0.1, 0.15) is 18.4 Å². The van der Waals surface area contributed by atoms with Gasteiger partial charge in [0.05, 0.1) is 7.11 Å². The molecule has 1 unspecified atom stereocenters. The Balaban J connectivity index is 1.96. The first-order valence-electron chi connectivity index (χ1n) is 6.81. The largest absolute Gasteiger partial charge is 0.497 e. The number of likely N-dealkylation sites (N-methyl/N-ethyl adjacent to an activating group) is 2. The molecule has 1 saturated heterocycles. The van der Waals surface area contributed by atoms with Gasteiger partial charge in [-0.2, -0.15) is 0 Å². The van der Waals surface area contributed by atoms with Gasteiger partial charge in [-0.25, -0.2) is 0 Å². The van der Waals surface area contributed by atoms with Crippen molar-refractivity contribution < 1.29 is 4.74 Å². The second-order valence-electron chi connectivity index (χ2n) is 5.43. The molecule has 1 aromatic rings. The van der Waals surface area contributed by atoms with E-state index in [0.717, 1.165) is 23.3 Å². The summed E-state index contributed by atoms with van der Waals surface area (Å²) in [6, 6.07) is 6.86. The molecule has 1 aliphatic heterocycles. The van der Waals surface area contributed by atoms with Crippen molar-refractivity contribution in [1.29, 1.82) is 0 Å². The third-order valence-corrected chi connectivity index (χ3v) is 4.66. The van der Waals surface area contributed by atoms with Gasteiger partial charge in [0.25, 0.3) is 0 Å². The van der Waals surface area contributed by atoms with Gasteiger partial charge in [-0.05, 0) is 57.2 Å². The monoisotopic (exact) mass is 326 g/mol. The van der Waals surface area contributed by atoms with Gasteiger partial charge in [0.2, 0.25) is 0 Å². The summed E-state index contributed by atoms with van der Waals surface area (Å²) in [5.41, 5.74) is 1.28. The molecule has 0 bridgehead atoms. The Kier molecular flexibility index (Phi) is 5.25. The van der Waals surface area contributed by atoms with Crippen molar-refractivity contribution in [3.05, 3.63) is 28.2 Å². The van der Waals surface area contributed by atoms with Crippen LogP contribution in [0.15, 0.2) is 22.7 Å². The Labute approximate surface area is 124 Å². The van der Waals surface area contributed by atoms with Crippen LogP contribution in [0, 0.1) is 0 Å². The van der Waals surface area contributed by atoms with E-state index in [4.69, 9.17) is 4.74 Å². The fourth-order valence-electron chi connectivity index (χ4n) is 2.72. The molecular formula is C15H23BrN2O. The minimum absolute atomic E-state index is 0.703. The van der Waals surface area contributed by atoms with Gasteiger partial charge in [-0.15, -0.1) is 0 Å². The maximum Gasteiger partial charge on any atom is 0.119 e. The second kappa shape index (κ2) is 6.73. The molecule has 1 atom stereocenters. The topological polar surface area (TPSA) is 15.7 Å². The second-order valence-corrected chi connectivity index (χ2v) is 6.29. The highest BCUT2D eigenvalue weighted by Crippen LogP contribution is 2.24. The van der Waals surface area contributed by atoms with Crippen molar-refractivity contribution in [3.63, 3.8) is 0 Å². The third kappa shape index (κ3) is 3.94. The molecule has 0 aliphatic carbocycles. The van der Waals surface area contributed by atoms with Crippen LogP contribution >= 0.6 is 15.9 Å². The minimum atomic E-state index is 0.703. The van der Waals surface area contributed by atoms with Crippen LogP contribution in [0.25, 0.3) is 0 Å². The van der Waals surface area contributed by atoms with Gasteiger partial charge in [0.1, 0.15) is 5.75 Å². The lowest BCUT2D eigenvalue weighted by atomic mass is 10.1. The number of methoxy groups -OCH3 is 1. The van der Waals surface area contributed by atoms with Crippen molar-refractivity contribution in [3.8, 4) is 5.75 Å². The van der Waals surface area contributed by atoms with E-state index in [0.29, 0.717) is 6.04 Å². The van der Waals surface area contributed by atoms with Crippen LogP contribution in [0.5, 0.6) is 5.75 Å². The van der Waals surface area contributed by atoms with Gasteiger partial charge in [-0.1, -0.05) is 15.9 Å². The highest BCUT2D eigenvalue weighted by Gasteiger charge is 2.22. The molecule has 3 nitrogen and oxygen atoms in total. The molecule has 0 N–H and O–H groups in total. The summed E-state index contributed by atoms with van der Waals surface area (Å²) in [5, 5.41) is 0. The highest BCUT2D eigenvalue weighted by atomic mass is 79.9. The fraction of sp³-hybridized carbons (Fsp3) is 0.600. The normalized spacial score (nSPS) is 20.2. The number of hydrogen-bond donors (Lipinski definition) is 0. The zero-order chi connectivity index (χ0) is 13.8. The Morgan fingerprint density at radius 3 is 2.89 bits per heavy atom. The molecule has 0 aromatic heterocycles. The SMILES string of the molecule is COc1ccc(Br)c(CN(C)CC2CCCN2C)c1. The van der Waals surface area contributed by atoms with E-state index >= 15 is 0 Å². The fourth-order valence-corrected chi connectivity index (χ4v) is 3.10. The van der Waals surface area contributed by atoms with Crippen LogP contribution in [0.4, 0.5) is 0 Å². The highest BCUT2D eigenvalue weighted by molar-refractivity contribution is 9.10. The smallest absolute Gasteiger partial charge is 0.119 e. The maximum atomic E-state index is 5.29. The predicted octanol–water partition coefficient (Wildman–Crippen LogP) is 2.98. The first kappa shape index (κ1) is 14.8. The number of rotatable bonds is 5. The van der Waals surface area contributed by atoms with Crippen LogP contribution in [-0.2, 0) is 6.54 Å². The molecule has 0 amide bonds. The summed E-state index contributed by atoms with van der Waals surface area (Å²) in [7, 11) is 6.13. The zero-order valence-electron chi connectivity index (χ0n) is 12.0. The molecule has 1 aliphatic rings. The Morgan fingerprint density at radius 2 is 2.26 bits per heavy atom. The summed E-state index contributed by atoms with van der Waals surface area (Å²) in [6.07, 6.45) is 2.65. The maximum absolute atomic E-state index is 5.29. The summed E-state index contributed by atoms with van der Waals surface area (Å²) < 4.78 is 6.45. The summed E-state index contributed by atoms with van der Waals surface area (Å²) in [5.74, 6) is 0.921. The quantitative estimate of drug-likeness (QED) is 0.827. The van der Waals surface area contributed by atoms with Crippen molar-refractivity contribution in [2.24, 2.45) is 0 Å². The van der Waals surface area contributed by atoms with Crippen molar-refractivity contribution in [2.45, 2.75) is 25.4 Å². The van der Waals surface area contributed by atoms with Crippen molar-refractivity contribution in [1.82, 2.24) is 9.80 Å². The van der Waals surface area contributed by atoms with E-state index in [1.807, 2.05) is 6.07 Å². The van der Waals surface area contributed by atoms with Gasteiger partial charge in [-0.3, -0.25) is 0 Å². The standard InChI is InChI=1S/C15H23BrN2O/c1-17(11-13-5-4-8-18(13)2)10-12-9-14(19-3)6-7-15(12)16/h6-7,9,13H,4-5,8,10-11H2,1-3H3. The van der Waals surface area contributed by atoms with E-state index in [1.54, 1.807) is 7.11 Å². The Morgan fingerprint density at radius 1 is 1.47 bits per heavy atom. The van der Waals surface area contributed by atoms with E-state index < -0.39 is 0 Å². The molecule has 0 spiro atoms. The first-order valence-corrected chi connectivity index (χ1v) is 7.60. The zero-order valence-corrected chi connectivity index (χ0v) is 13.6. The predicted molar refractivity (Wildman–Crippen MR) is 82.7 cm³/mol. The van der Waals surface area contributed by atoms with Gasteiger partial charge >= 0.3 is 0 Å². The molecule has 0 radical (unpaired) electrons. The van der Waals surface area contributed by atoms with Gasteiger partial charge in [0.15, 0.2) is 0 Å². The number of benzene rings is 1. The van der Waals surface area contributed by atoms with E-state index in [2.05, 4.69) is 52.0 Å². The molecule has 1 fully saturated rings. The molecule has 1 aromatic carbocycles. The summed E-state index contributed by atoms with van der Waals surface area (Å²) in [4.78, 5) is 4.86. The molecule has 19 heavy (non-hydrogen) atoms. The van der Waals surface area contributed by atoms with Gasteiger partial charge < -0.3 is 14.5 Å². The van der Waals surface area contributed by atoms with E-state index in [-0.39, 0.29) is 0 Å². The molecule has 1 heterocycles. The lowest BCUT2D eigenvalue weighted by Gasteiger charge is -2.26. The molecule has 106 valence electrons. The lowest BCUT2D eigenvalue weighted by Crippen LogP contribution is -2.36. The molecule has 0 saturated carbocycles. The van der Waals surface area contributed by atoms with Gasteiger partial charge in [0, 0.05) is 23.6 Å².